The summed E-state index contributed by atoms with van der Waals surface area (Å²) in [6, 6.07) is 19.2. The van der Waals surface area contributed by atoms with E-state index in [0.717, 1.165) is 33.4 Å². The van der Waals surface area contributed by atoms with Gasteiger partial charge in [0.05, 0.1) is 24.2 Å². The first-order valence-corrected chi connectivity index (χ1v) is 9.86. The van der Waals surface area contributed by atoms with Crippen LogP contribution in [0.25, 0.3) is 22.2 Å². The van der Waals surface area contributed by atoms with Gasteiger partial charge >= 0.3 is 0 Å². The predicted octanol–water partition coefficient (Wildman–Crippen LogP) is 4.57. The molecule has 0 fully saturated rings. The maximum absolute atomic E-state index is 12.8. The summed E-state index contributed by atoms with van der Waals surface area (Å²) in [5, 5.41) is 12.7. The normalized spacial score (nSPS) is 13.9. The van der Waals surface area contributed by atoms with Gasteiger partial charge in [0.15, 0.2) is 0 Å². The molecule has 2 heterocycles. The molecule has 6 nitrogen and oxygen atoms in total. The van der Waals surface area contributed by atoms with Crippen LogP contribution >= 0.6 is 0 Å². The van der Waals surface area contributed by atoms with Crippen LogP contribution in [0, 0.1) is 0 Å². The number of aliphatic hydroxyl groups is 1. The lowest BCUT2D eigenvalue weighted by atomic mass is 10.0. The number of ether oxygens (including phenoxy) is 1. The molecule has 5 rings (SSSR count). The Morgan fingerprint density at radius 2 is 1.90 bits per heavy atom. The lowest BCUT2D eigenvalue weighted by Gasteiger charge is -2.09. The minimum absolute atomic E-state index is 0.158. The molecule has 30 heavy (non-hydrogen) atoms. The Kier molecular flexibility index (Phi) is 4.58. The number of nitrogens with one attached hydrogen (secondary N) is 2. The molecule has 1 unspecified atom stereocenters. The zero-order valence-electron chi connectivity index (χ0n) is 16.5. The topological polar surface area (TPSA) is 87.2 Å². The molecule has 0 spiro atoms. The third-order valence-electron chi connectivity index (χ3n) is 5.33. The Morgan fingerprint density at radius 1 is 1.07 bits per heavy atom. The van der Waals surface area contributed by atoms with E-state index in [9.17, 15) is 9.90 Å². The van der Waals surface area contributed by atoms with E-state index in [0.29, 0.717) is 24.6 Å². The summed E-state index contributed by atoms with van der Waals surface area (Å²) in [5.41, 5.74) is 7.17. The second-order valence-electron chi connectivity index (χ2n) is 7.54. The highest BCUT2D eigenvalue weighted by atomic mass is 16.5. The summed E-state index contributed by atoms with van der Waals surface area (Å²) in [4.78, 5) is 20.3. The SMILES string of the molecule is CC(O)c1nc2ccc(-c3cccc(C(=O)Nc4ccc5c(c4)COC5)c3)cc2[nH]1. The third-order valence-corrected chi connectivity index (χ3v) is 5.33. The molecule has 0 aliphatic carbocycles. The summed E-state index contributed by atoms with van der Waals surface area (Å²) in [5.74, 6) is 0.379. The number of hydrogen-bond acceptors (Lipinski definition) is 4. The summed E-state index contributed by atoms with van der Waals surface area (Å²) >= 11 is 0. The van der Waals surface area contributed by atoms with Crippen LogP contribution < -0.4 is 5.32 Å². The summed E-state index contributed by atoms with van der Waals surface area (Å²) < 4.78 is 5.44. The van der Waals surface area contributed by atoms with Gasteiger partial charge in [-0.15, -0.1) is 0 Å². The van der Waals surface area contributed by atoms with Gasteiger partial charge in [-0.3, -0.25) is 4.79 Å². The molecule has 3 aromatic carbocycles. The van der Waals surface area contributed by atoms with Crippen molar-refractivity contribution in [1.82, 2.24) is 9.97 Å². The molecular formula is C24H21N3O3. The largest absolute Gasteiger partial charge is 0.385 e. The van der Waals surface area contributed by atoms with Crippen LogP contribution in [0.15, 0.2) is 60.7 Å². The van der Waals surface area contributed by atoms with Crippen molar-refractivity contribution in [3.63, 3.8) is 0 Å². The fourth-order valence-corrected chi connectivity index (χ4v) is 3.70. The fraction of sp³-hybridized carbons (Fsp3) is 0.167. The van der Waals surface area contributed by atoms with Crippen LogP contribution in [0.2, 0.25) is 0 Å². The summed E-state index contributed by atoms with van der Waals surface area (Å²) in [6.07, 6.45) is -0.654. The van der Waals surface area contributed by atoms with Crippen molar-refractivity contribution in [3.8, 4) is 11.1 Å². The lowest BCUT2D eigenvalue weighted by Crippen LogP contribution is -2.12. The lowest BCUT2D eigenvalue weighted by molar-refractivity contribution is 0.102. The number of rotatable bonds is 4. The Morgan fingerprint density at radius 3 is 2.77 bits per heavy atom. The molecule has 0 saturated carbocycles. The van der Waals surface area contributed by atoms with Gasteiger partial charge in [-0.05, 0) is 65.6 Å². The Balaban J connectivity index is 1.41. The average molecular weight is 399 g/mol. The molecule has 0 bridgehead atoms. The van der Waals surface area contributed by atoms with Gasteiger partial charge in [0.1, 0.15) is 11.9 Å². The van der Waals surface area contributed by atoms with E-state index in [1.165, 1.54) is 5.56 Å². The molecule has 0 saturated heterocycles. The first-order valence-electron chi connectivity index (χ1n) is 9.86. The highest BCUT2D eigenvalue weighted by Gasteiger charge is 2.14. The number of carbonyl (C=O) groups is 1. The number of benzene rings is 3. The van der Waals surface area contributed by atoms with Crippen LogP contribution in [0.4, 0.5) is 5.69 Å². The number of anilines is 1. The van der Waals surface area contributed by atoms with E-state index in [-0.39, 0.29) is 5.91 Å². The highest BCUT2D eigenvalue weighted by Crippen LogP contribution is 2.27. The minimum atomic E-state index is -0.654. The smallest absolute Gasteiger partial charge is 0.255 e. The van der Waals surface area contributed by atoms with Gasteiger partial charge in [-0.2, -0.15) is 0 Å². The van der Waals surface area contributed by atoms with Crippen LogP contribution in [0.1, 0.15) is 40.3 Å². The van der Waals surface area contributed by atoms with E-state index in [2.05, 4.69) is 15.3 Å². The first-order chi connectivity index (χ1) is 14.6. The van der Waals surface area contributed by atoms with Crippen molar-refractivity contribution in [2.75, 3.05) is 5.32 Å². The zero-order valence-corrected chi connectivity index (χ0v) is 16.5. The van der Waals surface area contributed by atoms with Gasteiger partial charge in [0, 0.05) is 11.3 Å². The van der Waals surface area contributed by atoms with E-state index < -0.39 is 6.10 Å². The predicted molar refractivity (Wildman–Crippen MR) is 115 cm³/mol. The number of imidazole rings is 1. The van der Waals surface area contributed by atoms with E-state index in [1.54, 1.807) is 13.0 Å². The van der Waals surface area contributed by atoms with Crippen LogP contribution in [0.5, 0.6) is 0 Å². The van der Waals surface area contributed by atoms with Crippen molar-refractivity contribution in [2.24, 2.45) is 0 Å². The monoisotopic (exact) mass is 399 g/mol. The standard InChI is InChI=1S/C24H21N3O3/c1-14(28)23-26-21-8-6-16(11-22(21)27-23)15-3-2-4-17(9-15)24(29)25-20-7-5-18-12-30-13-19(18)10-20/h2-11,14,28H,12-13H2,1H3,(H,25,29)(H,26,27). The number of hydrogen-bond donors (Lipinski definition) is 3. The van der Waals surface area contributed by atoms with Gasteiger partial charge in [0.25, 0.3) is 5.91 Å². The highest BCUT2D eigenvalue weighted by molar-refractivity contribution is 6.05. The van der Waals surface area contributed by atoms with Gasteiger partial charge in [-0.25, -0.2) is 4.98 Å². The molecule has 0 radical (unpaired) electrons. The number of carbonyl (C=O) groups excluding carboxylic acids is 1. The second-order valence-corrected chi connectivity index (χ2v) is 7.54. The number of H-pyrrole nitrogens is 1. The molecule has 6 heteroatoms. The third kappa shape index (κ3) is 3.47. The van der Waals surface area contributed by atoms with Crippen molar-refractivity contribution >= 4 is 22.6 Å². The molecule has 150 valence electrons. The van der Waals surface area contributed by atoms with Crippen LogP contribution in [-0.2, 0) is 18.0 Å². The van der Waals surface area contributed by atoms with E-state index in [4.69, 9.17) is 4.74 Å². The molecule has 1 aromatic heterocycles. The Bertz CT molecular complexity index is 1260. The van der Waals surface area contributed by atoms with Crippen molar-refractivity contribution in [3.05, 3.63) is 83.2 Å². The summed E-state index contributed by atoms with van der Waals surface area (Å²) in [6.45, 7) is 2.89. The Labute approximate surface area is 173 Å². The van der Waals surface area contributed by atoms with Crippen molar-refractivity contribution < 1.29 is 14.6 Å². The molecule has 1 amide bonds. The number of nitrogens with zero attached hydrogens (tertiary/aromatic N) is 1. The number of aliphatic hydroxyl groups excluding tert-OH is 1. The molecule has 4 aromatic rings. The van der Waals surface area contributed by atoms with E-state index >= 15 is 0 Å². The second kappa shape index (κ2) is 7.40. The van der Waals surface area contributed by atoms with Crippen LogP contribution in [-0.4, -0.2) is 21.0 Å². The average Bonchev–Trinajstić information content (AvgIpc) is 3.39. The maximum atomic E-state index is 12.8. The number of amides is 1. The Hall–Kier alpha value is -3.48. The molecule has 1 aliphatic heterocycles. The minimum Gasteiger partial charge on any atom is -0.385 e. The van der Waals surface area contributed by atoms with E-state index in [1.807, 2.05) is 54.6 Å². The number of fused-ring (bicyclic) bond motifs is 2. The quantitative estimate of drug-likeness (QED) is 0.469. The first kappa shape index (κ1) is 18.5. The maximum Gasteiger partial charge on any atom is 0.255 e. The number of aromatic amines is 1. The van der Waals surface area contributed by atoms with Crippen molar-refractivity contribution in [1.29, 1.82) is 0 Å². The summed E-state index contributed by atoms with van der Waals surface area (Å²) in [7, 11) is 0. The fourth-order valence-electron chi connectivity index (χ4n) is 3.70. The van der Waals surface area contributed by atoms with Crippen LogP contribution in [0.3, 0.4) is 0 Å². The molecule has 1 aliphatic rings. The molecular weight excluding hydrogens is 378 g/mol. The molecule has 1 atom stereocenters. The number of aromatic nitrogens is 2. The van der Waals surface area contributed by atoms with Gasteiger partial charge in [-0.1, -0.05) is 24.3 Å². The molecule has 3 N–H and O–H groups in total. The van der Waals surface area contributed by atoms with Gasteiger partial charge in [0.2, 0.25) is 0 Å². The van der Waals surface area contributed by atoms with Crippen molar-refractivity contribution in [2.45, 2.75) is 26.2 Å². The zero-order chi connectivity index (χ0) is 20.7. The van der Waals surface area contributed by atoms with Gasteiger partial charge < -0.3 is 20.1 Å².